The molecule has 2 atom stereocenters. The summed E-state index contributed by atoms with van der Waals surface area (Å²) in [7, 11) is 0. The van der Waals surface area contributed by atoms with Crippen LogP contribution in [0.25, 0.3) is 0 Å². The Labute approximate surface area is 141 Å². The SMILES string of the molecule is CC(C)c1ccc(O[C@H](C(=O)O)[C@H](C)c2ccc(Cl)cc2)cc1. The summed E-state index contributed by atoms with van der Waals surface area (Å²) in [6, 6.07) is 14.7. The Morgan fingerprint density at radius 1 is 0.957 bits per heavy atom. The largest absolute Gasteiger partial charge is 0.478 e. The summed E-state index contributed by atoms with van der Waals surface area (Å²) >= 11 is 5.88. The van der Waals surface area contributed by atoms with Gasteiger partial charge in [-0.15, -0.1) is 0 Å². The Bertz CT molecular complexity index is 647. The Morgan fingerprint density at radius 2 is 1.48 bits per heavy atom. The van der Waals surface area contributed by atoms with E-state index in [-0.39, 0.29) is 5.92 Å². The third kappa shape index (κ3) is 4.49. The Kier molecular flexibility index (Phi) is 5.67. The summed E-state index contributed by atoms with van der Waals surface area (Å²) in [4.78, 5) is 11.6. The highest BCUT2D eigenvalue weighted by Crippen LogP contribution is 2.26. The Hall–Kier alpha value is -2.00. The maximum absolute atomic E-state index is 11.6. The third-order valence-electron chi connectivity index (χ3n) is 3.90. The van der Waals surface area contributed by atoms with Crippen molar-refractivity contribution in [2.45, 2.75) is 38.7 Å². The van der Waals surface area contributed by atoms with Gasteiger partial charge in [0.2, 0.25) is 6.10 Å². The third-order valence-corrected chi connectivity index (χ3v) is 4.16. The second kappa shape index (κ2) is 7.51. The lowest BCUT2D eigenvalue weighted by Gasteiger charge is -2.22. The zero-order valence-electron chi connectivity index (χ0n) is 13.5. The molecule has 0 heterocycles. The minimum absolute atomic E-state index is 0.297. The molecule has 23 heavy (non-hydrogen) atoms. The van der Waals surface area contributed by atoms with Crippen LogP contribution in [0.3, 0.4) is 0 Å². The van der Waals surface area contributed by atoms with E-state index in [1.54, 1.807) is 12.1 Å². The molecule has 3 nitrogen and oxygen atoms in total. The van der Waals surface area contributed by atoms with Gasteiger partial charge in [-0.2, -0.15) is 0 Å². The van der Waals surface area contributed by atoms with Gasteiger partial charge in [0.25, 0.3) is 0 Å². The molecule has 0 unspecified atom stereocenters. The molecule has 122 valence electrons. The lowest BCUT2D eigenvalue weighted by Crippen LogP contribution is -2.32. The number of hydrogen-bond acceptors (Lipinski definition) is 2. The van der Waals surface area contributed by atoms with Crippen LogP contribution in [0, 0.1) is 0 Å². The summed E-state index contributed by atoms with van der Waals surface area (Å²) in [6.07, 6.45) is -0.957. The lowest BCUT2D eigenvalue weighted by atomic mass is 9.95. The van der Waals surface area contributed by atoms with Crippen molar-refractivity contribution in [3.05, 3.63) is 64.7 Å². The van der Waals surface area contributed by atoms with Gasteiger partial charge >= 0.3 is 5.97 Å². The monoisotopic (exact) mass is 332 g/mol. The zero-order chi connectivity index (χ0) is 17.0. The van der Waals surface area contributed by atoms with E-state index >= 15 is 0 Å². The molecule has 0 bridgehead atoms. The maximum atomic E-state index is 11.6. The summed E-state index contributed by atoms with van der Waals surface area (Å²) in [6.45, 7) is 6.06. The van der Waals surface area contributed by atoms with E-state index < -0.39 is 12.1 Å². The van der Waals surface area contributed by atoms with Crippen LogP contribution in [-0.2, 0) is 4.79 Å². The maximum Gasteiger partial charge on any atom is 0.345 e. The van der Waals surface area contributed by atoms with Crippen molar-refractivity contribution in [2.75, 3.05) is 0 Å². The van der Waals surface area contributed by atoms with E-state index in [2.05, 4.69) is 13.8 Å². The second-order valence-electron chi connectivity index (χ2n) is 5.94. The molecule has 0 saturated carbocycles. The smallest absolute Gasteiger partial charge is 0.345 e. The number of carboxylic acids is 1. The van der Waals surface area contributed by atoms with E-state index in [0.717, 1.165) is 5.56 Å². The van der Waals surface area contributed by atoms with Crippen molar-refractivity contribution in [1.29, 1.82) is 0 Å². The van der Waals surface area contributed by atoms with Crippen LogP contribution in [0.2, 0.25) is 5.02 Å². The number of aliphatic carboxylic acids is 1. The number of hydrogen-bond donors (Lipinski definition) is 1. The molecular formula is C19H21ClO3. The molecule has 1 N–H and O–H groups in total. The van der Waals surface area contributed by atoms with Gasteiger partial charge in [-0.05, 0) is 41.3 Å². The predicted octanol–water partition coefficient (Wildman–Crippen LogP) is 5.10. The molecule has 0 aromatic heterocycles. The fraction of sp³-hybridized carbons (Fsp3) is 0.316. The van der Waals surface area contributed by atoms with E-state index in [9.17, 15) is 9.90 Å². The van der Waals surface area contributed by atoms with E-state index in [1.165, 1.54) is 5.56 Å². The molecule has 0 radical (unpaired) electrons. The normalized spacial score (nSPS) is 13.6. The Morgan fingerprint density at radius 3 is 1.96 bits per heavy atom. The first-order chi connectivity index (χ1) is 10.9. The zero-order valence-corrected chi connectivity index (χ0v) is 14.2. The first-order valence-corrected chi connectivity index (χ1v) is 8.01. The average molecular weight is 333 g/mol. The van der Waals surface area contributed by atoms with Crippen molar-refractivity contribution in [3.63, 3.8) is 0 Å². The van der Waals surface area contributed by atoms with Crippen molar-refractivity contribution < 1.29 is 14.6 Å². The lowest BCUT2D eigenvalue weighted by molar-refractivity contribution is -0.146. The summed E-state index contributed by atoms with van der Waals surface area (Å²) in [5.41, 5.74) is 2.07. The second-order valence-corrected chi connectivity index (χ2v) is 6.38. The highest BCUT2D eigenvalue weighted by molar-refractivity contribution is 6.30. The molecule has 0 fully saturated rings. The molecule has 2 aromatic carbocycles. The van der Waals surface area contributed by atoms with Crippen LogP contribution in [-0.4, -0.2) is 17.2 Å². The topological polar surface area (TPSA) is 46.5 Å². The van der Waals surface area contributed by atoms with Crippen LogP contribution < -0.4 is 4.74 Å². The predicted molar refractivity (Wildman–Crippen MR) is 92.4 cm³/mol. The molecule has 0 aliphatic carbocycles. The van der Waals surface area contributed by atoms with E-state index in [4.69, 9.17) is 16.3 Å². The summed E-state index contributed by atoms with van der Waals surface area (Å²) < 4.78 is 5.72. The number of rotatable bonds is 6. The number of ether oxygens (including phenoxy) is 1. The Balaban J connectivity index is 2.18. The molecule has 0 amide bonds. The molecular weight excluding hydrogens is 312 g/mol. The van der Waals surface area contributed by atoms with Gasteiger partial charge in [-0.3, -0.25) is 0 Å². The van der Waals surface area contributed by atoms with Crippen LogP contribution in [0.5, 0.6) is 5.75 Å². The molecule has 2 aromatic rings. The van der Waals surface area contributed by atoms with E-state index in [1.807, 2.05) is 43.3 Å². The summed E-state index contributed by atoms with van der Waals surface area (Å²) in [5, 5.41) is 10.1. The van der Waals surface area contributed by atoms with Gasteiger partial charge in [0.1, 0.15) is 5.75 Å². The number of benzene rings is 2. The quantitative estimate of drug-likeness (QED) is 0.800. The van der Waals surface area contributed by atoms with Gasteiger partial charge in [0.05, 0.1) is 0 Å². The van der Waals surface area contributed by atoms with Crippen molar-refractivity contribution in [3.8, 4) is 5.75 Å². The highest BCUT2D eigenvalue weighted by Gasteiger charge is 2.28. The molecule has 0 aliphatic rings. The average Bonchev–Trinajstić information content (AvgIpc) is 2.53. The first kappa shape index (κ1) is 17.4. The van der Waals surface area contributed by atoms with Crippen LogP contribution in [0.4, 0.5) is 0 Å². The van der Waals surface area contributed by atoms with Gasteiger partial charge in [-0.25, -0.2) is 4.79 Å². The van der Waals surface area contributed by atoms with Gasteiger partial charge in [0, 0.05) is 10.9 Å². The van der Waals surface area contributed by atoms with Gasteiger partial charge < -0.3 is 9.84 Å². The standard InChI is InChI=1S/C19H21ClO3/c1-12(2)14-6-10-17(11-7-14)23-18(19(21)22)13(3)15-4-8-16(20)9-5-15/h4-13,18H,1-3H3,(H,21,22)/t13-,18+/m1/s1. The number of carbonyl (C=O) groups is 1. The number of carboxylic acid groups (broad SMARTS) is 1. The van der Waals surface area contributed by atoms with Crippen molar-refractivity contribution >= 4 is 17.6 Å². The first-order valence-electron chi connectivity index (χ1n) is 7.63. The van der Waals surface area contributed by atoms with Gasteiger partial charge in [0.15, 0.2) is 0 Å². The minimum atomic E-state index is -0.986. The molecule has 0 saturated heterocycles. The van der Waals surface area contributed by atoms with Crippen LogP contribution in [0.15, 0.2) is 48.5 Å². The highest BCUT2D eigenvalue weighted by atomic mass is 35.5. The molecule has 0 aliphatic heterocycles. The fourth-order valence-electron chi connectivity index (χ4n) is 2.39. The van der Waals surface area contributed by atoms with Gasteiger partial charge in [-0.1, -0.05) is 56.6 Å². The number of halogens is 1. The fourth-order valence-corrected chi connectivity index (χ4v) is 2.51. The van der Waals surface area contributed by atoms with Crippen molar-refractivity contribution in [1.82, 2.24) is 0 Å². The minimum Gasteiger partial charge on any atom is -0.478 e. The van der Waals surface area contributed by atoms with Crippen LogP contribution in [0.1, 0.15) is 43.7 Å². The summed E-state index contributed by atoms with van der Waals surface area (Å²) in [5.74, 6) is -0.301. The molecule has 2 rings (SSSR count). The van der Waals surface area contributed by atoms with E-state index in [0.29, 0.717) is 16.7 Å². The van der Waals surface area contributed by atoms with Crippen LogP contribution >= 0.6 is 11.6 Å². The molecule has 0 spiro atoms. The molecule has 4 heteroatoms. The van der Waals surface area contributed by atoms with Crippen molar-refractivity contribution in [2.24, 2.45) is 0 Å².